The number of rotatable bonds is 8. The van der Waals surface area contributed by atoms with Crippen molar-refractivity contribution in [2.75, 3.05) is 32.8 Å². The van der Waals surface area contributed by atoms with Gasteiger partial charge in [0.15, 0.2) is 0 Å². The van der Waals surface area contributed by atoms with Gasteiger partial charge < -0.3 is 10.1 Å². The highest BCUT2D eigenvalue weighted by Gasteiger charge is 2.26. The van der Waals surface area contributed by atoms with Crippen molar-refractivity contribution in [3.8, 4) is 0 Å². The number of morpholine rings is 1. The van der Waals surface area contributed by atoms with Crippen LogP contribution >= 0.6 is 0 Å². The number of nitrogens with zero attached hydrogens (tertiary/aromatic N) is 1. The quantitative estimate of drug-likeness (QED) is 0.614. The fraction of sp³-hybridized carbons (Fsp3) is 0.519. The molecule has 34 heavy (non-hydrogen) atoms. The number of hydrogen-bond acceptors (Lipinski definition) is 4. The standard InChI is InChI=1S/C27H38N2O4S/c1-20-18-23(27(3,4)5)19-21(2)25(20)12-13-28-26(30)11-8-22-6-9-24(10-7-22)34(31,32)29-14-16-33-17-15-29/h6-7,9-10,18-19H,8,11-17H2,1-5H3,(H,28,30). The zero-order valence-corrected chi connectivity index (χ0v) is 21.9. The molecule has 1 aliphatic heterocycles. The van der Waals surface area contributed by atoms with Crippen LogP contribution in [0.3, 0.4) is 0 Å². The number of carbonyl (C=O) groups is 1. The lowest BCUT2D eigenvalue weighted by atomic mass is 9.83. The maximum absolute atomic E-state index is 12.7. The number of carbonyl (C=O) groups excluding carboxylic acids is 1. The molecule has 0 atom stereocenters. The van der Waals surface area contributed by atoms with E-state index < -0.39 is 10.0 Å². The second kappa shape index (κ2) is 11.0. The molecule has 0 spiro atoms. The molecule has 2 aromatic carbocycles. The first kappa shape index (κ1) is 26.4. The summed E-state index contributed by atoms with van der Waals surface area (Å²) in [5.41, 5.74) is 6.23. The SMILES string of the molecule is Cc1cc(C(C)(C)C)cc(C)c1CCNC(=O)CCc1ccc(S(=O)(=O)N2CCOCC2)cc1. The van der Waals surface area contributed by atoms with Crippen LogP contribution in [-0.2, 0) is 37.8 Å². The zero-order valence-electron chi connectivity index (χ0n) is 21.1. The maximum Gasteiger partial charge on any atom is 0.243 e. The normalized spacial score (nSPS) is 15.3. The Balaban J connectivity index is 1.48. The molecule has 1 fully saturated rings. The van der Waals surface area contributed by atoms with Gasteiger partial charge in [-0.1, -0.05) is 45.0 Å². The molecule has 0 aliphatic carbocycles. The highest BCUT2D eigenvalue weighted by atomic mass is 32.2. The molecule has 6 nitrogen and oxygen atoms in total. The second-order valence-electron chi connectivity index (χ2n) is 10.1. The van der Waals surface area contributed by atoms with E-state index in [4.69, 9.17) is 4.74 Å². The summed E-state index contributed by atoms with van der Waals surface area (Å²) in [6.07, 6.45) is 1.75. The van der Waals surface area contributed by atoms with Gasteiger partial charge in [0.1, 0.15) is 0 Å². The van der Waals surface area contributed by atoms with Crippen molar-refractivity contribution in [3.05, 3.63) is 64.2 Å². The summed E-state index contributed by atoms with van der Waals surface area (Å²) >= 11 is 0. The number of amides is 1. The monoisotopic (exact) mass is 486 g/mol. The molecule has 1 N–H and O–H groups in total. The Bertz CT molecular complexity index is 1070. The van der Waals surface area contributed by atoms with Gasteiger partial charge in [0, 0.05) is 26.1 Å². The van der Waals surface area contributed by atoms with E-state index in [-0.39, 0.29) is 16.2 Å². The van der Waals surface area contributed by atoms with Gasteiger partial charge in [-0.3, -0.25) is 4.79 Å². The summed E-state index contributed by atoms with van der Waals surface area (Å²) in [7, 11) is -3.49. The first-order valence-electron chi connectivity index (χ1n) is 12.0. The van der Waals surface area contributed by atoms with Crippen molar-refractivity contribution in [1.82, 2.24) is 9.62 Å². The van der Waals surface area contributed by atoms with E-state index in [0.29, 0.717) is 45.7 Å². The van der Waals surface area contributed by atoms with Gasteiger partial charge in [0.2, 0.25) is 15.9 Å². The van der Waals surface area contributed by atoms with E-state index in [2.05, 4.69) is 52.1 Å². The van der Waals surface area contributed by atoms with Gasteiger partial charge in [-0.25, -0.2) is 8.42 Å². The molecular formula is C27H38N2O4S. The number of benzene rings is 2. The third kappa shape index (κ3) is 6.68. The molecule has 0 saturated carbocycles. The molecule has 2 aromatic rings. The van der Waals surface area contributed by atoms with E-state index in [1.165, 1.54) is 26.6 Å². The van der Waals surface area contributed by atoms with Crippen molar-refractivity contribution in [2.24, 2.45) is 0 Å². The summed E-state index contributed by atoms with van der Waals surface area (Å²) in [5.74, 6) is 0.00614. The van der Waals surface area contributed by atoms with Crippen molar-refractivity contribution < 1.29 is 17.9 Å². The Morgan fingerprint density at radius 2 is 1.59 bits per heavy atom. The van der Waals surface area contributed by atoms with E-state index in [9.17, 15) is 13.2 Å². The second-order valence-corrected chi connectivity index (χ2v) is 12.0. The Kier molecular flexibility index (Phi) is 8.55. The number of aryl methyl sites for hydroxylation is 3. The molecule has 0 bridgehead atoms. The fourth-order valence-corrected chi connectivity index (χ4v) is 5.67. The van der Waals surface area contributed by atoms with Crippen LogP contribution in [0.5, 0.6) is 0 Å². The van der Waals surface area contributed by atoms with Crippen LogP contribution in [0, 0.1) is 13.8 Å². The molecule has 0 unspecified atom stereocenters. The van der Waals surface area contributed by atoms with E-state index in [0.717, 1.165) is 12.0 Å². The van der Waals surface area contributed by atoms with Crippen LogP contribution in [0.2, 0.25) is 0 Å². The number of nitrogens with one attached hydrogen (secondary N) is 1. The predicted octanol–water partition coefficient (Wildman–Crippen LogP) is 3.91. The van der Waals surface area contributed by atoms with Gasteiger partial charge in [0.05, 0.1) is 18.1 Å². The topological polar surface area (TPSA) is 75.7 Å². The largest absolute Gasteiger partial charge is 0.379 e. The molecule has 0 aromatic heterocycles. The highest BCUT2D eigenvalue weighted by Crippen LogP contribution is 2.27. The Hall–Kier alpha value is -2.22. The van der Waals surface area contributed by atoms with Crippen molar-refractivity contribution >= 4 is 15.9 Å². The van der Waals surface area contributed by atoms with E-state index in [1.54, 1.807) is 24.3 Å². The van der Waals surface area contributed by atoms with Gasteiger partial charge >= 0.3 is 0 Å². The molecule has 186 valence electrons. The Labute approximate surface area is 204 Å². The molecule has 7 heteroatoms. The Morgan fingerprint density at radius 3 is 2.15 bits per heavy atom. The predicted molar refractivity (Wildman–Crippen MR) is 136 cm³/mol. The summed E-state index contributed by atoms with van der Waals surface area (Å²) in [4.78, 5) is 12.7. The molecule has 1 aliphatic rings. The van der Waals surface area contributed by atoms with Crippen LogP contribution in [-0.4, -0.2) is 51.5 Å². The third-order valence-electron chi connectivity index (χ3n) is 6.43. The van der Waals surface area contributed by atoms with Crippen molar-refractivity contribution in [1.29, 1.82) is 0 Å². The Morgan fingerprint density at radius 1 is 1.00 bits per heavy atom. The summed E-state index contributed by atoms with van der Waals surface area (Å²) in [5, 5.41) is 3.03. The van der Waals surface area contributed by atoms with Crippen LogP contribution in [0.4, 0.5) is 0 Å². The fourth-order valence-electron chi connectivity index (χ4n) is 4.26. The lowest BCUT2D eigenvalue weighted by Gasteiger charge is -2.26. The molecule has 0 radical (unpaired) electrons. The van der Waals surface area contributed by atoms with Gasteiger partial charge in [-0.15, -0.1) is 0 Å². The van der Waals surface area contributed by atoms with Crippen molar-refractivity contribution in [2.45, 2.75) is 64.2 Å². The number of hydrogen-bond donors (Lipinski definition) is 1. The first-order valence-corrected chi connectivity index (χ1v) is 13.5. The van der Waals surface area contributed by atoms with Crippen LogP contribution < -0.4 is 5.32 Å². The highest BCUT2D eigenvalue weighted by molar-refractivity contribution is 7.89. The third-order valence-corrected chi connectivity index (χ3v) is 8.34. The average molecular weight is 487 g/mol. The minimum Gasteiger partial charge on any atom is -0.379 e. The van der Waals surface area contributed by atoms with Gasteiger partial charge in [-0.2, -0.15) is 4.31 Å². The van der Waals surface area contributed by atoms with Crippen molar-refractivity contribution in [3.63, 3.8) is 0 Å². The van der Waals surface area contributed by atoms with Crippen LogP contribution in [0.15, 0.2) is 41.3 Å². The lowest BCUT2D eigenvalue weighted by molar-refractivity contribution is -0.121. The summed E-state index contributed by atoms with van der Waals surface area (Å²) in [6, 6.07) is 11.4. The molecule has 1 amide bonds. The van der Waals surface area contributed by atoms with Gasteiger partial charge in [-0.05, 0) is 72.1 Å². The summed E-state index contributed by atoms with van der Waals surface area (Å²) in [6.45, 7) is 13.2. The van der Waals surface area contributed by atoms with E-state index in [1.807, 2.05) is 0 Å². The maximum atomic E-state index is 12.7. The van der Waals surface area contributed by atoms with Crippen LogP contribution in [0.25, 0.3) is 0 Å². The molecular weight excluding hydrogens is 448 g/mol. The summed E-state index contributed by atoms with van der Waals surface area (Å²) < 4.78 is 32.1. The zero-order chi connectivity index (χ0) is 24.9. The molecule has 1 heterocycles. The molecule has 3 rings (SSSR count). The van der Waals surface area contributed by atoms with Gasteiger partial charge in [0.25, 0.3) is 0 Å². The minimum atomic E-state index is -3.49. The lowest BCUT2D eigenvalue weighted by Crippen LogP contribution is -2.40. The smallest absolute Gasteiger partial charge is 0.243 e. The number of sulfonamides is 1. The number of ether oxygens (including phenoxy) is 1. The molecule has 1 saturated heterocycles. The minimum absolute atomic E-state index is 0.00614. The van der Waals surface area contributed by atoms with Crippen LogP contribution in [0.1, 0.15) is 55.0 Å². The first-order chi connectivity index (χ1) is 16.0. The van der Waals surface area contributed by atoms with E-state index >= 15 is 0 Å². The average Bonchev–Trinajstić information content (AvgIpc) is 2.79.